The molecule has 0 amide bonds. The second-order valence-electron chi connectivity index (χ2n) is 5.49. The minimum Gasteiger partial charge on any atom is -0.489 e. The van der Waals surface area contributed by atoms with Crippen LogP contribution in [0.5, 0.6) is 5.75 Å². The van der Waals surface area contributed by atoms with Gasteiger partial charge in [-0.05, 0) is 35.7 Å². The van der Waals surface area contributed by atoms with Gasteiger partial charge in [0.1, 0.15) is 18.5 Å². The first-order valence-corrected chi connectivity index (χ1v) is 7.29. The Hall–Kier alpha value is -2.55. The summed E-state index contributed by atoms with van der Waals surface area (Å²) in [7, 11) is 0. The average molecular weight is 294 g/mol. The van der Waals surface area contributed by atoms with E-state index in [1.165, 1.54) is 5.56 Å². The molecule has 2 aromatic rings. The molecule has 0 bridgehead atoms. The van der Waals surface area contributed by atoms with E-state index in [-0.39, 0.29) is 12.1 Å². The van der Waals surface area contributed by atoms with Gasteiger partial charge in [0.2, 0.25) is 0 Å². The predicted octanol–water partition coefficient (Wildman–Crippen LogP) is 4.12. The normalized spacial score (nSPS) is 17.4. The number of carbonyl (C=O) groups excluding carboxylic acids is 1. The number of aryl methyl sites for hydroxylation is 1. The van der Waals surface area contributed by atoms with Crippen molar-refractivity contribution in [3.05, 3.63) is 77.4 Å². The second kappa shape index (κ2) is 6.06. The number of cyclic esters (lactones) is 1. The number of rotatable bonds is 4. The van der Waals surface area contributed by atoms with Crippen LogP contribution in [-0.2, 0) is 16.1 Å². The fourth-order valence-corrected chi connectivity index (χ4v) is 2.48. The first-order valence-electron chi connectivity index (χ1n) is 7.29. The van der Waals surface area contributed by atoms with Crippen LogP contribution in [0.1, 0.15) is 29.2 Å². The van der Waals surface area contributed by atoms with Gasteiger partial charge in [-0.2, -0.15) is 0 Å². The monoisotopic (exact) mass is 294 g/mol. The zero-order chi connectivity index (χ0) is 15.5. The molecule has 2 aromatic carbocycles. The van der Waals surface area contributed by atoms with Crippen molar-refractivity contribution in [2.75, 3.05) is 0 Å². The quantitative estimate of drug-likeness (QED) is 0.628. The summed E-state index contributed by atoms with van der Waals surface area (Å²) in [4.78, 5) is 11.4. The van der Waals surface area contributed by atoms with Crippen LogP contribution in [-0.4, -0.2) is 5.97 Å². The summed E-state index contributed by atoms with van der Waals surface area (Å²) in [5.74, 6) is 0.463. The Morgan fingerprint density at radius 1 is 1.23 bits per heavy atom. The van der Waals surface area contributed by atoms with Crippen molar-refractivity contribution in [2.24, 2.45) is 0 Å². The number of ether oxygens (including phenoxy) is 2. The largest absolute Gasteiger partial charge is 0.489 e. The van der Waals surface area contributed by atoms with E-state index in [9.17, 15) is 4.79 Å². The molecular formula is C19H18O3. The number of hydrogen-bond acceptors (Lipinski definition) is 3. The Kier molecular flexibility index (Phi) is 3.96. The molecular weight excluding hydrogens is 276 g/mol. The van der Waals surface area contributed by atoms with Crippen molar-refractivity contribution < 1.29 is 14.3 Å². The van der Waals surface area contributed by atoms with E-state index >= 15 is 0 Å². The van der Waals surface area contributed by atoms with Gasteiger partial charge in [-0.3, -0.25) is 0 Å². The lowest BCUT2D eigenvalue weighted by atomic mass is 10.0. The summed E-state index contributed by atoms with van der Waals surface area (Å²) in [5.41, 5.74) is 3.83. The molecule has 0 aromatic heterocycles. The highest BCUT2D eigenvalue weighted by molar-refractivity contribution is 5.90. The molecule has 0 spiro atoms. The van der Waals surface area contributed by atoms with Crippen molar-refractivity contribution in [3.63, 3.8) is 0 Å². The lowest BCUT2D eigenvalue weighted by molar-refractivity contribution is -0.139. The average Bonchev–Trinajstić information content (AvgIpc) is 2.86. The van der Waals surface area contributed by atoms with Crippen LogP contribution in [0.15, 0.2) is 60.7 Å². The summed E-state index contributed by atoms with van der Waals surface area (Å²) in [6.45, 7) is 6.30. The van der Waals surface area contributed by atoms with Crippen molar-refractivity contribution in [3.8, 4) is 5.75 Å². The van der Waals surface area contributed by atoms with Crippen LogP contribution in [0.4, 0.5) is 0 Å². The molecule has 3 rings (SSSR count). The highest BCUT2D eigenvalue weighted by atomic mass is 16.5. The first-order chi connectivity index (χ1) is 10.6. The van der Waals surface area contributed by atoms with Gasteiger partial charge in [-0.1, -0.05) is 43.0 Å². The molecule has 0 radical (unpaired) electrons. The molecule has 1 atom stereocenters. The third kappa shape index (κ3) is 3.03. The summed E-state index contributed by atoms with van der Waals surface area (Å²) >= 11 is 0. The van der Waals surface area contributed by atoms with Crippen molar-refractivity contribution in [1.29, 1.82) is 0 Å². The smallest absolute Gasteiger partial charge is 0.334 e. The molecule has 1 aliphatic heterocycles. The predicted molar refractivity (Wildman–Crippen MR) is 84.5 cm³/mol. The molecule has 0 saturated carbocycles. The van der Waals surface area contributed by atoms with Crippen LogP contribution in [0, 0.1) is 6.92 Å². The lowest BCUT2D eigenvalue weighted by Crippen LogP contribution is -2.01. The molecule has 0 aliphatic carbocycles. The molecule has 1 unspecified atom stereocenters. The zero-order valence-corrected chi connectivity index (χ0v) is 12.5. The Bertz CT molecular complexity index is 702. The van der Waals surface area contributed by atoms with Crippen LogP contribution in [0.3, 0.4) is 0 Å². The second-order valence-corrected chi connectivity index (χ2v) is 5.49. The molecule has 112 valence electrons. The maximum atomic E-state index is 11.4. The lowest BCUT2D eigenvalue weighted by Gasteiger charge is -2.12. The number of esters is 1. The molecule has 3 heteroatoms. The Morgan fingerprint density at radius 2 is 2.05 bits per heavy atom. The van der Waals surface area contributed by atoms with Gasteiger partial charge in [0.25, 0.3) is 0 Å². The molecule has 1 heterocycles. The van der Waals surface area contributed by atoms with Crippen molar-refractivity contribution in [1.82, 2.24) is 0 Å². The molecule has 1 fully saturated rings. The number of carbonyl (C=O) groups is 1. The van der Waals surface area contributed by atoms with Crippen LogP contribution < -0.4 is 4.74 Å². The molecule has 1 saturated heterocycles. The van der Waals surface area contributed by atoms with Crippen LogP contribution in [0.25, 0.3) is 0 Å². The molecule has 0 N–H and O–H groups in total. The van der Waals surface area contributed by atoms with Gasteiger partial charge in [-0.15, -0.1) is 0 Å². The number of hydrogen-bond donors (Lipinski definition) is 0. The summed E-state index contributed by atoms with van der Waals surface area (Å²) in [6, 6.07) is 15.8. The number of benzene rings is 2. The van der Waals surface area contributed by atoms with Gasteiger partial charge in [0.05, 0.1) is 0 Å². The van der Waals surface area contributed by atoms with E-state index in [2.05, 4.69) is 25.6 Å². The summed E-state index contributed by atoms with van der Waals surface area (Å²) < 4.78 is 11.2. The minimum atomic E-state index is -0.309. The third-order valence-corrected chi connectivity index (χ3v) is 3.86. The fourth-order valence-electron chi connectivity index (χ4n) is 2.48. The van der Waals surface area contributed by atoms with Crippen molar-refractivity contribution in [2.45, 2.75) is 26.1 Å². The topological polar surface area (TPSA) is 35.5 Å². The first kappa shape index (κ1) is 14.4. The Balaban J connectivity index is 1.71. The SMILES string of the molecule is C=C1CC(c2cccc(OCc3ccccc3C)c2)OC1=O. The molecule has 22 heavy (non-hydrogen) atoms. The Morgan fingerprint density at radius 3 is 2.77 bits per heavy atom. The summed E-state index contributed by atoms with van der Waals surface area (Å²) in [5, 5.41) is 0. The standard InChI is InChI=1S/C19H18O3/c1-13-6-3-4-7-16(13)12-21-17-9-5-8-15(11-17)18-10-14(2)19(20)22-18/h3-9,11,18H,2,10,12H2,1H3. The van der Waals surface area contributed by atoms with Gasteiger partial charge >= 0.3 is 5.97 Å². The maximum Gasteiger partial charge on any atom is 0.334 e. The van der Waals surface area contributed by atoms with E-state index in [1.807, 2.05) is 36.4 Å². The molecule has 1 aliphatic rings. The highest BCUT2D eigenvalue weighted by Crippen LogP contribution is 2.33. The van der Waals surface area contributed by atoms with Crippen molar-refractivity contribution >= 4 is 5.97 Å². The third-order valence-electron chi connectivity index (χ3n) is 3.86. The van der Waals surface area contributed by atoms with Gasteiger partial charge in [0.15, 0.2) is 0 Å². The molecule has 3 nitrogen and oxygen atoms in total. The fraction of sp³-hybridized carbons (Fsp3) is 0.211. The van der Waals surface area contributed by atoms with Gasteiger partial charge in [-0.25, -0.2) is 4.79 Å². The van der Waals surface area contributed by atoms with E-state index in [0.717, 1.165) is 16.9 Å². The maximum absolute atomic E-state index is 11.4. The van der Waals surface area contributed by atoms with Gasteiger partial charge < -0.3 is 9.47 Å². The van der Waals surface area contributed by atoms with E-state index in [4.69, 9.17) is 9.47 Å². The Labute approximate surface area is 130 Å². The van der Waals surface area contributed by atoms with Crippen LogP contribution in [0.2, 0.25) is 0 Å². The van der Waals surface area contributed by atoms with E-state index in [0.29, 0.717) is 18.6 Å². The van der Waals surface area contributed by atoms with Gasteiger partial charge in [0, 0.05) is 12.0 Å². The highest BCUT2D eigenvalue weighted by Gasteiger charge is 2.28. The zero-order valence-electron chi connectivity index (χ0n) is 12.5. The summed E-state index contributed by atoms with van der Waals surface area (Å²) in [6.07, 6.45) is 0.294. The van der Waals surface area contributed by atoms with Crippen LogP contribution >= 0.6 is 0 Å². The van der Waals surface area contributed by atoms with E-state index in [1.54, 1.807) is 0 Å². The van der Waals surface area contributed by atoms with E-state index < -0.39 is 0 Å². The minimum absolute atomic E-state index is 0.248.